The van der Waals surface area contributed by atoms with Crippen LogP contribution in [-0.2, 0) is 19.6 Å². The molecule has 1 aliphatic heterocycles. The van der Waals surface area contributed by atoms with Crippen LogP contribution in [0.15, 0.2) is 23.1 Å². The first-order valence-corrected chi connectivity index (χ1v) is 9.76. The van der Waals surface area contributed by atoms with Gasteiger partial charge < -0.3 is 10.4 Å². The molecule has 0 radical (unpaired) electrons. The second-order valence-electron chi connectivity index (χ2n) is 6.45. The summed E-state index contributed by atoms with van der Waals surface area (Å²) in [5.41, 5.74) is 0.0897. The normalized spacial score (nSPS) is 17.3. The Labute approximate surface area is 156 Å². The first-order valence-electron chi connectivity index (χ1n) is 8.32. The number of carboxylic acids is 1. The minimum Gasteiger partial charge on any atom is -0.480 e. The lowest BCUT2D eigenvalue weighted by atomic mass is 9.97. The second-order valence-corrected chi connectivity index (χ2v) is 8.36. The third-order valence-electron chi connectivity index (χ3n) is 4.55. The van der Waals surface area contributed by atoms with E-state index in [1.807, 2.05) is 0 Å². The van der Waals surface area contributed by atoms with Crippen LogP contribution in [-0.4, -0.2) is 53.8 Å². The molecule has 1 heterocycles. The van der Waals surface area contributed by atoms with Crippen molar-refractivity contribution in [1.29, 1.82) is 0 Å². The molecule has 2 rings (SSSR count). The van der Waals surface area contributed by atoms with E-state index in [1.165, 1.54) is 23.4 Å². The Morgan fingerprint density at radius 3 is 2.44 bits per heavy atom. The van der Waals surface area contributed by atoms with E-state index in [2.05, 4.69) is 5.32 Å². The molecule has 1 fully saturated rings. The highest BCUT2D eigenvalue weighted by Crippen LogP contribution is 2.28. The number of hydrogen-bond donors (Lipinski definition) is 2. The molecule has 1 amide bonds. The van der Waals surface area contributed by atoms with E-state index < -0.39 is 38.8 Å². The van der Waals surface area contributed by atoms with Gasteiger partial charge in [-0.1, -0.05) is 6.07 Å². The Kier molecular flexibility index (Phi) is 6.16. The van der Waals surface area contributed by atoms with Crippen LogP contribution < -0.4 is 5.32 Å². The highest BCUT2D eigenvalue weighted by atomic mass is 32.2. The van der Waals surface area contributed by atoms with Crippen LogP contribution in [0.1, 0.15) is 25.3 Å². The summed E-state index contributed by atoms with van der Waals surface area (Å²) in [5.74, 6) is -2.05. The van der Waals surface area contributed by atoms with Gasteiger partial charge in [0.15, 0.2) is 0 Å². The highest BCUT2D eigenvalue weighted by Gasteiger charge is 2.34. The van der Waals surface area contributed by atoms with E-state index >= 15 is 0 Å². The first kappa shape index (κ1) is 20.8. The van der Waals surface area contributed by atoms with Crippen molar-refractivity contribution in [3.8, 4) is 0 Å². The third-order valence-corrected chi connectivity index (χ3v) is 6.59. The number of nitrogens with one attached hydrogen (secondary N) is 1. The summed E-state index contributed by atoms with van der Waals surface area (Å²) in [7, 11) is -3.93. The fraction of sp³-hybridized carbons (Fsp3) is 0.500. The van der Waals surface area contributed by atoms with Crippen molar-refractivity contribution < 1.29 is 28.0 Å². The molecule has 1 aromatic carbocycles. The van der Waals surface area contributed by atoms with E-state index in [1.54, 1.807) is 6.92 Å². The zero-order valence-corrected chi connectivity index (χ0v) is 15.7. The highest BCUT2D eigenvalue weighted by molar-refractivity contribution is 7.89. The number of aryl methyl sites for hydroxylation is 1. The van der Waals surface area contributed by atoms with Crippen molar-refractivity contribution in [3.63, 3.8) is 0 Å². The molecule has 0 saturated carbocycles. The van der Waals surface area contributed by atoms with E-state index in [0.717, 1.165) is 6.07 Å². The summed E-state index contributed by atoms with van der Waals surface area (Å²) in [5, 5.41) is 22.2. The summed E-state index contributed by atoms with van der Waals surface area (Å²) < 4.78 is 26.9. The van der Waals surface area contributed by atoms with Crippen molar-refractivity contribution in [3.05, 3.63) is 33.9 Å². The molecule has 27 heavy (non-hydrogen) atoms. The molecule has 1 saturated heterocycles. The smallest absolute Gasteiger partial charge is 0.325 e. The number of nitrogens with zero attached hydrogens (tertiary/aromatic N) is 2. The largest absolute Gasteiger partial charge is 0.480 e. The number of amides is 1. The molecule has 1 atom stereocenters. The standard InChI is InChI=1S/C16H21N3O7S/c1-10-3-4-13(19(23)24)9-14(10)27(25,26)18-7-5-12(6-8-18)15(20)17-11(2)16(21)22/h3-4,9,11-12H,5-8H2,1-2H3,(H,17,20)(H,21,22). The van der Waals surface area contributed by atoms with Crippen LogP contribution >= 0.6 is 0 Å². The fourth-order valence-electron chi connectivity index (χ4n) is 2.87. The van der Waals surface area contributed by atoms with Crippen LogP contribution in [0, 0.1) is 23.0 Å². The van der Waals surface area contributed by atoms with Gasteiger partial charge in [-0.2, -0.15) is 4.31 Å². The molecule has 0 aromatic heterocycles. The predicted molar refractivity (Wildman–Crippen MR) is 94.6 cm³/mol. The summed E-state index contributed by atoms with van der Waals surface area (Å²) in [6, 6.07) is 2.65. The van der Waals surface area contributed by atoms with Gasteiger partial charge in [0.05, 0.1) is 9.82 Å². The van der Waals surface area contributed by atoms with Crippen LogP contribution in [0.4, 0.5) is 5.69 Å². The molecule has 0 bridgehead atoms. The van der Waals surface area contributed by atoms with Crippen LogP contribution in [0.5, 0.6) is 0 Å². The van der Waals surface area contributed by atoms with Gasteiger partial charge in [0, 0.05) is 31.1 Å². The van der Waals surface area contributed by atoms with Gasteiger partial charge in [-0.05, 0) is 32.3 Å². The number of carbonyl (C=O) groups is 2. The molecule has 1 aliphatic rings. The maximum atomic E-state index is 12.9. The van der Waals surface area contributed by atoms with Gasteiger partial charge in [0.1, 0.15) is 6.04 Å². The van der Waals surface area contributed by atoms with Crippen molar-refractivity contribution in [2.45, 2.75) is 37.6 Å². The van der Waals surface area contributed by atoms with Gasteiger partial charge in [-0.3, -0.25) is 19.7 Å². The molecule has 1 unspecified atom stereocenters. The summed E-state index contributed by atoms with van der Waals surface area (Å²) in [6.45, 7) is 3.06. The number of piperidine rings is 1. The number of carbonyl (C=O) groups excluding carboxylic acids is 1. The van der Waals surface area contributed by atoms with Gasteiger partial charge in [-0.15, -0.1) is 0 Å². The molecule has 148 valence electrons. The Balaban J connectivity index is 2.11. The SMILES string of the molecule is Cc1ccc([N+](=O)[O-])cc1S(=O)(=O)N1CCC(C(=O)NC(C)C(=O)O)CC1. The summed E-state index contributed by atoms with van der Waals surface area (Å²) in [6.07, 6.45) is 0.483. The van der Waals surface area contributed by atoms with Gasteiger partial charge >= 0.3 is 5.97 Å². The topological polar surface area (TPSA) is 147 Å². The third kappa shape index (κ3) is 4.61. The maximum Gasteiger partial charge on any atom is 0.325 e. The van der Waals surface area contributed by atoms with Gasteiger partial charge in [0.2, 0.25) is 15.9 Å². The first-order chi connectivity index (χ1) is 12.5. The second kappa shape index (κ2) is 8.01. The number of nitro benzene ring substituents is 1. The van der Waals surface area contributed by atoms with Crippen LogP contribution in [0.2, 0.25) is 0 Å². The van der Waals surface area contributed by atoms with Crippen molar-refractivity contribution in [1.82, 2.24) is 9.62 Å². The summed E-state index contributed by atoms with van der Waals surface area (Å²) in [4.78, 5) is 33.1. The summed E-state index contributed by atoms with van der Waals surface area (Å²) >= 11 is 0. The Bertz CT molecular complexity index is 861. The van der Waals surface area contributed by atoms with Crippen LogP contribution in [0.25, 0.3) is 0 Å². The number of non-ortho nitro benzene ring substituents is 1. The van der Waals surface area contributed by atoms with E-state index in [4.69, 9.17) is 5.11 Å². The fourth-order valence-corrected chi connectivity index (χ4v) is 4.58. The lowest BCUT2D eigenvalue weighted by molar-refractivity contribution is -0.385. The number of carboxylic acid groups (broad SMARTS) is 1. The average molecular weight is 399 g/mol. The Morgan fingerprint density at radius 2 is 1.93 bits per heavy atom. The number of hydrogen-bond acceptors (Lipinski definition) is 6. The van der Waals surface area contributed by atoms with Crippen LogP contribution in [0.3, 0.4) is 0 Å². The predicted octanol–water partition coefficient (Wildman–Crippen LogP) is 0.893. The zero-order valence-electron chi connectivity index (χ0n) is 14.9. The zero-order chi connectivity index (χ0) is 20.4. The molecule has 1 aromatic rings. The minimum absolute atomic E-state index is 0.0734. The lowest BCUT2D eigenvalue weighted by Crippen LogP contribution is -2.46. The number of sulfonamides is 1. The number of aliphatic carboxylic acids is 1. The molecular weight excluding hydrogens is 378 g/mol. The quantitative estimate of drug-likeness (QED) is 0.533. The number of rotatable bonds is 6. The van der Waals surface area contributed by atoms with E-state index in [-0.39, 0.29) is 36.5 Å². The monoisotopic (exact) mass is 399 g/mol. The average Bonchev–Trinajstić information content (AvgIpc) is 2.61. The Morgan fingerprint density at radius 1 is 1.33 bits per heavy atom. The molecule has 0 spiro atoms. The van der Waals surface area contributed by atoms with Crippen molar-refractivity contribution in [2.24, 2.45) is 5.92 Å². The molecule has 10 nitrogen and oxygen atoms in total. The van der Waals surface area contributed by atoms with Gasteiger partial charge in [0.25, 0.3) is 5.69 Å². The number of nitro groups is 1. The van der Waals surface area contributed by atoms with Gasteiger partial charge in [-0.25, -0.2) is 8.42 Å². The Hall–Kier alpha value is -2.53. The minimum atomic E-state index is -3.93. The maximum absolute atomic E-state index is 12.9. The molecule has 11 heteroatoms. The molecule has 0 aliphatic carbocycles. The lowest BCUT2D eigenvalue weighted by Gasteiger charge is -2.31. The number of benzene rings is 1. The molecular formula is C16H21N3O7S. The van der Waals surface area contributed by atoms with Crippen molar-refractivity contribution in [2.75, 3.05) is 13.1 Å². The van der Waals surface area contributed by atoms with E-state index in [9.17, 15) is 28.1 Å². The molecule has 2 N–H and O–H groups in total. The van der Waals surface area contributed by atoms with E-state index in [0.29, 0.717) is 5.56 Å². The van der Waals surface area contributed by atoms with Crippen molar-refractivity contribution >= 4 is 27.6 Å².